The summed E-state index contributed by atoms with van der Waals surface area (Å²) in [6.45, 7) is 8.79. The Morgan fingerprint density at radius 1 is 0.962 bits per heavy atom. The smallest absolute Gasteiger partial charge is 0.133 e. The van der Waals surface area contributed by atoms with Gasteiger partial charge in [0.1, 0.15) is 11.9 Å². The van der Waals surface area contributed by atoms with Gasteiger partial charge >= 0.3 is 0 Å². The molecule has 0 bridgehead atoms. The zero-order valence-electron chi connectivity index (χ0n) is 15.2. The molecule has 3 rings (SSSR count). The summed E-state index contributed by atoms with van der Waals surface area (Å²) in [4.78, 5) is 5.10. The molecule has 0 amide bonds. The molecule has 0 saturated carbocycles. The summed E-state index contributed by atoms with van der Waals surface area (Å²) in [5.74, 6) is 1.01. The molecular weight excluding hydrogens is 550 g/mol. The van der Waals surface area contributed by atoms with Crippen molar-refractivity contribution in [2.45, 2.75) is 26.0 Å². The molecule has 1 heterocycles. The van der Waals surface area contributed by atoms with E-state index in [-0.39, 0.29) is 6.10 Å². The zero-order chi connectivity index (χ0) is 18.4. The second-order valence-electron chi connectivity index (χ2n) is 6.79. The minimum absolute atomic E-state index is 0.254. The second-order valence-corrected chi connectivity index (χ2v) is 9.19. The fraction of sp³-hybridized carbons (Fsp3) is 0.429. The van der Waals surface area contributed by atoms with Crippen LogP contribution < -0.4 is 4.74 Å². The van der Waals surface area contributed by atoms with E-state index in [1.807, 2.05) is 0 Å². The topological polar surface area (TPSA) is 15.7 Å². The first-order valence-electron chi connectivity index (χ1n) is 9.24. The van der Waals surface area contributed by atoms with E-state index < -0.39 is 0 Å². The second kappa shape index (κ2) is 10.2. The lowest BCUT2D eigenvalue weighted by atomic mass is 10.2. The van der Waals surface area contributed by atoms with Crippen molar-refractivity contribution in [3.63, 3.8) is 0 Å². The van der Waals surface area contributed by atoms with Crippen LogP contribution in [-0.2, 0) is 6.54 Å². The molecular formula is C21H26I2N2O. The Morgan fingerprint density at radius 3 is 2.31 bits per heavy atom. The average molecular weight is 576 g/mol. The lowest BCUT2D eigenvalue weighted by Crippen LogP contribution is -2.48. The van der Waals surface area contributed by atoms with E-state index in [9.17, 15) is 0 Å². The summed E-state index contributed by atoms with van der Waals surface area (Å²) >= 11 is 4.72. The molecule has 1 unspecified atom stereocenters. The summed E-state index contributed by atoms with van der Waals surface area (Å²) in [5, 5.41) is 0. The number of piperazine rings is 1. The molecule has 3 nitrogen and oxygen atoms in total. The van der Waals surface area contributed by atoms with Gasteiger partial charge in [0.15, 0.2) is 0 Å². The van der Waals surface area contributed by atoms with E-state index in [4.69, 9.17) is 4.74 Å². The van der Waals surface area contributed by atoms with Crippen LogP contribution in [0.4, 0.5) is 0 Å². The first kappa shape index (κ1) is 20.4. The molecule has 0 radical (unpaired) electrons. The van der Waals surface area contributed by atoms with Crippen molar-refractivity contribution in [3.8, 4) is 5.75 Å². The van der Waals surface area contributed by atoms with Gasteiger partial charge in [0, 0.05) is 42.8 Å². The van der Waals surface area contributed by atoms with E-state index in [0.717, 1.165) is 51.4 Å². The van der Waals surface area contributed by atoms with E-state index in [1.165, 1.54) is 12.7 Å². The van der Waals surface area contributed by atoms with E-state index in [2.05, 4.69) is 110 Å². The molecule has 1 fully saturated rings. The Morgan fingerprint density at radius 2 is 1.65 bits per heavy atom. The number of halogens is 2. The lowest BCUT2D eigenvalue weighted by Gasteiger charge is -2.36. The van der Waals surface area contributed by atoms with Gasteiger partial charge in [-0.25, -0.2) is 0 Å². The first-order chi connectivity index (χ1) is 12.6. The third kappa shape index (κ3) is 6.07. The van der Waals surface area contributed by atoms with Crippen LogP contribution in [-0.4, -0.2) is 48.6 Å². The summed E-state index contributed by atoms with van der Waals surface area (Å²) in [6, 6.07) is 17.2. The van der Waals surface area contributed by atoms with E-state index in [0.29, 0.717) is 0 Å². The first-order valence-corrected chi connectivity index (χ1v) is 11.4. The highest BCUT2D eigenvalue weighted by Gasteiger charge is 2.21. The normalized spacial score (nSPS) is 17.2. The van der Waals surface area contributed by atoms with Crippen LogP contribution in [0.25, 0.3) is 0 Å². The Kier molecular flexibility index (Phi) is 8.02. The van der Waals surface area contributed by atoms with Crippen LogP contribution in [0.5, 0.6) is 5.75 Å². The number of nitrogens with zero attached hydrogens (tertiary/aromatic N) is 2. The summed E-state index contributed by atoms with van der Waals surface area (Å²) in [7, 11) is 0. The summed E-state index contributed by atoms with van der Waals surface area (Å²) in [5.41, 5.74) is 1.41. The minimum atomic E-state index is 0.254. The van der Waals surface area contributed by atoms with Crippen molar-refractivity contribution >= 4 is 45.2 Å². The van der Waals surface area contributed by atoms with Gasteiger partial charge in [-0.15, -0.1) is 0 Å². The molecule has 0 N–H and O–H groups in total. The fourth-order valence-corrected chi connectivity index (χ4v) is 4.99. The molecule has 26 heavy (non-hydrogen) atoms. The summed E-state index contributed by atoms with van der Waals surface area (Å²) < 4.78 is 8.76. The molecule has 5 heteroatoms. The number of hydrogen-bond donors (Lipinski definition) is 0. The van der Waals surface area contributed by atoms with Gasteiger partial charge in [-0.05, 0) is 75.4 Å². The molecule has 1 saturated heterocycles. The van der Waals surface area contributed by atoms with Crippen molar-refractivity contribution in [3.05, 3.63) is 61.2 Å². The Balaban J connectivity index is 1.48. The number of rotatable bonds is 7. The van der Waals surface area contributed by atoms with Crippen LogP contribution in [0.1, 0.15) is 18.9 Å². The Bertz CT molecular complexity index is 688. The molecule has 1 aliphatic heterocycles. The van der Waals surface area contributed by atoms with E-state index >= 15 is 0 Å². The molecule has 1 aliphatic rings. The highest BCUT2D eigenvalue weighted by Crippen LogP contribution is 2.24. The van der Waals surface area contributed by atoms with Crippen molar-refractivity contribution in [1.29, 1.82) is 0 Å². The molecule has 140 valence electrons. The van der Waals surface area contributed by atoms with Gasteiger partial charge in [0.25, 0.3) is 0 Å². The number of hydrogen-bond acceptors (Lipinski definition) is 3. The molecule has 1 atom stereocenters. The lowest BCUT2D eigenvalue weighted by molar-refractivity contribution is 0.0791. The Hall–Kier alpha value is -0.380. The molecule has 2 aromatic rings. The molecule has 0 aromatic heterocycles. The molecule has 0 spiro atoms. The third-order valence-corrected chi connectivity index (χ3v) is 6.33. The summed E-state index contributed by atoms with van der Waals surface area (Å²) in [6.07, 6.45) is 1.29. The Labute approximate surface area is 184 Å². The highest BCUT2D eigenvalue weighted by molar-refractivity contribution is 14.1. The predicted molar refractivity (Wildman–Crippen MR) is 125 cm³/mol. The van der Waals surface area contributed by atoms with Crippen molar-refractivity contribution in [1.82, 2.24) is 9.80 Å². The van der Waals surface area contributed by atoms with Crippen LogP contribution >= 0.6 is 45.2 Å². The van der Waals surface area contributed by atoms with Gasteiger partial charge in [-0.2, -0.15) is 0 Å². The highest BCUT2D eigenvalue weighted by atomic mass is 127. The van der Waals surface area contributed by atoms with Crippen LogP contribution in [0.3, 0.4) is 0 Å². The maximum Gasteiger partial charge on any atom is 0.133 e. The van der Waals surface area contributed by atoms with Crippen molar-refractivity contribution in [2.75, 3.05) is 32.7 Å². The number of benzene rings is 2. The third-order valence-electron chi connectivity index (χ3n) is 4.82. The molecule has 2 aromatic carbocycles. The van der Waals surface area contributed by atoms with Crippen LogP contribution in [0, 0.1) is 7.14 Å². The van der Waals surface area contributed by atoms with Crippen molar-refractivity contribution < 1.29 is 4.74 Å². The standard InChI is InChI=1S/C21H26I2N2O/c1-2-19(26-21-9-8-18(22)14-20(21)23)16-25-12-10-24(11-13-25)15-17-6-4-3-5-7-17/h3-9,14,19H,2,10-13,15-16H2,1H3. The fourth-order valence-electron chi connectivity index (χ4n) is 3.26. The van der Waals surface area contributed by atoms with Crippen LogP contribution in [0.2, 0.25) is 0 Å². The van der Waals surface area contributed by atoms with Gasteiger partial charge in [0.05, 0.1) is 3.57 Å². The maximum absolute atomic E-state index is 6.31. The quantitative estimate of drug-likeness (QED) is 0.438. The SMILES string of the molecule is CCC(CN1CCN(Cc2ccccc2)CC1)Oc1ccc(I)cc1I. The zero-order valence-corrected chi connectivity index (χ0v) is 19.5. The van der Waals surface area contributed by atoms with E-state index in [1.54, 1.807) is 0 Å². The average Bonchev–Trinajstić information content (AvgIpc) is 2.65. The maximum atomic E-state index is 6.31. The van der Waals surface area contributed by atoms with Gasteiger partial charge < -0.3 is 4.74 Å². The van der Waals surface area contributed by atoms with Gasteiger partial charge in [-0.1, -0.05) is 37.3 Å². The van der Waals surface area contributed by atoms with Crippen molar-refractivity contribution in [2.24, 2.45) is 0 Å². The monoisotopic (exact) mass is 576 g/mol. The largest absolute Gasteiger partial charge is 0.488 e. The van der Waals surface area contributed by atoms with Gasteiger partial charge in [0.2, 0.25) is 0 Å². The predicted octanol–water partition coefficient (Wildman–Crippen LogP) is 4.87. The van der Waals surface area contributed by atoms with Gasteiger partial charge in [-0.3, -0.25) is 9.80 Å². The number of ether oxygens (including phenoxy) is 1. The van der Waals surface area contributed by atoms with Crippen LogP contribution in [0.15, 0.2) is 48.5 Å². The minimum Gasteiger partial charge on any atom is -0.488 e. The molecule has 0 aliphatic carbocycles.